The average molecular weight is 413 g/mol. The summed E-state index contributed by atoms with van der Waals surface area (Å²) in [6.07, 6.45) is -1.20. The van der Waals surface area contributed by atoms with Gasteiger partial charge >= 0.3 is 0 Å². The molecule has 4 aromatic rings. The van der Waals surface area contributed by atoms with Crippen molar-refractivity contribution < 1.29 is 13.6 Å². The van der Waals surface area contributed by atoms with Gasteiger partial charge in [0.2, 0.25) is 0 Å². The number of hydrogen-bond acceptors (Lipinski definition) is 5. The van der Waals surface area contributed by atoms with E-state index in [0.29, 0.717) is 28.1 Å². The van der Waals surface area contributed by atoms with Crippen molar-refractivity contribution >= 4 is 33.7 Å². The molecule has 0 bridgehead atoms. The van der Waals surface area contributed by atoms with E-state index in [-0.39, 0.29) is 11.2 Å². The van der Waals surface area contributed by atoms with Crippen molar-refractivity contribution in [3.63, 3.8) is 0 Å². The van der Waals surface area contributed by atoms with Crippen molar-refractivity contribution in [3.05, 3.63) is 36.3 Å². The normalized spacial score (nSPS) is 12.2. The molecule has 30 heavy (non-hydrogen) atoms. The van der Waals surface area contributed by atoms with Crippen LogP contribution in [0.2, 0.25) is 0 Å². The molecule has 0 unspecified atom stereocenters. The molecule has 3 heterocycles. The standard InChI is InChI=1S/C20H21F2N7O/c1-20(2,3)29-18-15(17(23)25-9-26-18)16(28-29)11-5-4-10-6-13(27-12(10)7-11)19(30)24-8-14(21)22/h4-7,9,14,27H,8H2,1-3H3,(H,24,30)(H2,23,25,26). The smallest absolute Gasteiger partial charge is 0.267 e. The zero-order valence-electron chi connectivity index (χ0n) is 16.7. The van der Waals surface area contributed by atoms with Crippen molar-refractivity contribution in [1.29, 1.82) is 0 Å². The van der Waals surface area contributed by atoms with Gasteiger partial charge in [0.25, 0.3) is 12.3 Å². The van der Waals surface area contributed by atoms with E-state index in [9.17, 15) is 13.6 Å². The summed E-state index contributed by atoms with van der Waals surface area (Å²) in [5.41, 5.74) is 8.70. The summed E-state index contributed by atoms with van der Waals surface area (Å²) < 4.78 is 26.5. The number of halogens is 2. The Hall–Kier alpha value is -3.56. The molecule has 10 heteroatoms. The van der Waals surface area contributed by atoms with Crippen molar-refractivity contribution in [2.45, 2.75) is 32.7 Å². The third-order valence-corrected chi connectivity index (χ3v) is 4.69. The summed E-state index contributed by atoms with van der Waals surface area (Å²) in [7, 11) is 0. The average Bonchev–Trinajstić information content (AvgIpc) is 3.27. The molecular weight excluding hydrogens is 392 g/mol. The molecule has 0 fully saturated rings. The van der Waals surface area contributed by atoms with Crippen LogP contribution in [0.4, 0.5) is 14.6 Å². The highest BCUT2D eigenvalue weighted by atomic mass is 19.3. The first-order valence-electron chi connectivity index (χ1n) is 9.34. The van der Waals surface area contributed by atoms with Crippen LogP contribution in [0.25, 0.3) is 33.2 Å². The summed E-state index contributed by atoms with van der Waals surface area (Å²) in [5, 5.41) is 8.35. The Labute approximate surface area is 170 Å². The van der Waals surface area contributed by atoms with Gasteiger partial charge in [-0.1, -0.05) is 12.1 Å². The number of anilines is 1. The van der Waals surface area contributed by atoms with Crippen LogP contribution in [0, 0.1) is 0 Å². The first kappa shape index (κ1) is 19.7. The number of nitrogen functional groups attached to an aromatic ring is 1. The van der Waals surface area contributed by atoms with Gasteiger partial charge in [-0.05, 0) is 32.9 Å². The molecule has 0 saturated heterocycles. The van der Waals surface area contributed by atoms with Gasteiger partial charge < -0.3 is 16.0 Å². The first-order chi connectivity index (χ1) is 14.1. The highest BCUT2D eigenvalue weighted by molar-refractivity contribution is 6.02. The number of aromatic amines is 1. The fourth-order valence-corrected chi connectivity index (χ4v) is 3.31. The summed E-state index contributed by atoms with van der Waals surface area (Å²) in [6.45, 7) is 5.34. The van der Waals surface area contributed by atoms with E-state index in [1.807, 2.05) is 39.0 Å². The van der Waals surface area contributed by atoms with Crippen molar-refractivity contribution in [2.24, 2.45) is 0 Å². The minimum atomic E-state index is -2.61. The molecule has 3 aromatic heterocycles. The lowest BCUT2D eigenvalue weighted by Gasteiger charge is -2.19. The lowest BCUT2D eigenvalue weighted by Crippen LogP contribution is -2.28. The van der Waals surface area contributed by atoms with Crippen molar-refractivity contribution in [3.8, 4) is 11.3 Å². The molecule has 156 valence electrons. The maximum absolute atomic E-state index is 12.3. The highest BCUT2D eigenvalue weighted by Gasteiger charge is 2.24. The number of amides is 1. The minimum absolute atomic E-state index is 0.204. The van der Waals surface area contributed by atoms with E-state index >= 15 is 0 Å². The third kappa shape index (κ3) is 3.44. The minimum Gasteiger partial charge on any atom is -0.383 e. The van der Waals surface area contributed by atoms with Gasteiger partial charge in [0.1, 0.15) is 23.5 Å². The number of nitrogens with zero attached hydrogens (tertiary/aromatic N) is 4. The number of benzene rings is 1. The van der Waals surface area contributed by atoms with Crippen LogP contribution in [0.15, 0.2) is 30.6 Å². The van der Waals surface area contributed by atoms with Gasteiger partial charge in [0.15, 0.2) is 5.65 Å². The lowest BCUT2D eigenvalue weighted by molar-refractivity contribution is 0.0888. The van der Waals surface area contributed by atoms with Crippen molar-refractivity contribution in [2.75, 3.05) is 12.3 Å². The topological polar surface area (TPSA) is 115 Å². The SMILES string of the molecule is CC(C)(C)n1nc(-c2ccc3cc(C(=O)NCC(F)F)[nH]c3c2)c2c(N)ncnc21. The Morgan fingerprint density at radius 3 is 2.73 bits per heavy atom. The number of nitrogens with one attached hydrogen (secondary N) is 2. The van der Waals surface area contributed by atoms with Crippen LogP contribution in [0.1, 0.15) is 31.3 Å². The quantitative estimate of drug-likeness (QED) is 0.475. The number of aromatic nitrogens is 5. The molecule has 0 atom stereocenters. The second-order valence-electron chi connectivity index (χ2n) is 7.97. The predicted molar refractivity (Wildman–Crippen MR) is 110 cm³/mol. The Morgan fingerprint density at radius 1 is 1.27 bits per heavy atom. The Kier molecular flexibility index (Phi) is 4.64. The van der Waals surface area contributed by atoms with Gasteiger partial charge in [0.05, 0.1) is 17.5 Å². The summed E-state index contributed by atoms with van der Waals surface area (Å²) in [5.74, 6) is -0.266. The van der Waals surface area contributed by atoms with Crippen LogP contribution in [-0.2, 0) is 5.54 Å². The Balaban J connectivity index is 1.81. The number of nitrogens with two attached hydrogens (primary N) is 1. The van der Waals surface area contributed by atoms with E-state index in [0.717, 1.165) is 10.9 Å². The monoisotopic (exact) mass is 413 g/mol. The van der Waals surface area contributed by atoms with E-state index < -0.39 is 18.9 Å². The summed E-state index contributed by atoms with van der Waals surface area (Å²) in [4.78, 5) is 23.5. The van der Waals surface area contributed by atoms with Gasteiger partial charge in [-0.15, -0.1) is 0 Å². The zero-order valence-corrected chi connectivity index (χ0v) is 16.7. The number of hydrogen-bond donors (Lipinski definition) is 3. The Bertz CT molecular complexity index is 1250. The second-order valence-corrected chi connectivity index (χ2v) is 7.97. The molecule has 4 N–H and O–H groups in total. The van der Waals surface area contributed by atoms with E-state index in [2.05, 4.69) is 20.3 Å². The molecule has 0 saturated carbocycles. The molecule has 1 amide bonds. The number of carbonyl (C=O) groups is 1. The number of carbonyl (C=O) groups excluding carboxylic acids is 1. The summed E-state index contributed by atoms with van der Waals surface area (Å²) >= 11 is 0. The number of H-pyrrole nitrogens is 1. The van der Waals surface area contributed by atoms with Crippen LogP contribution in [0.3, 0.4) is 0 Å². The summed E-state index contributed by atoms with van der Waals surface area (Å²) in [6, 6.07) is 7.13. The first-order valence-corrected chi connectivity index (χ1v) is 9.34. The predicted octanol–water partition coefficient (Wildman–Crippen LogP) is 3.31. The van der Waals surface area contributed by atoms with Gasteiger partial charge in [0, 0.05) is 16.5 Å². The molecule has 4 rings (SSSR count). The fourth-order valence-electron chi connectivity index (χ4n) is 3.31. The van der Waals surface area contributed by atoms with Crippen LogP contribution >= 0.6 is 0 Å². The van der Waals surface area contributed by atoms with E-state index in [1.54, 1.807) is 10.7 Å². The maximum Gasteiger partial charge on any atom is 0.267 e. The molecule has 8 nitrogen and oxygen atoms in total. The molecule has 0 aliphatic carbocycles. The molecule has 1 aromatic carbocycles. The Morgan fingerprint density at radius 2 is 2.03 bits per heavy atom. The van der Waals surface area contributed by atoms with E-state index in [4.69, 9.17) is 10.8 Å². The van der Waals surface area contributed by atoms with Crippen LogP contribution in [0.5, 0.6) is 0 Å². The van der Waals surface area contributed by atoms with Crippen LogP contribution < -0.4 is 11.1 Å². The third-order valence-electron chi connectivity index (χ3n) is 4.69. The van der Waals surface area contributed by atoms with E-state index in [1.165, 1.54) is 6.33 Å². The molecular formula is C20H21F2N7O. The van der Waals surface area contributed by atoms with Crippen LogP contribution in [-0.4, -0.2) is 43.6 Å². The fraction of sp³-hybridized carbons (Fsp3) is 0.300. The van der Waals surface area contributed by atoms with Crippen molar-refractivity contribution in [1.82, 2.24) is 30.0 Å². The molecule has 0 spiro atoms. The number of fused-ring (bicyclic) bond motifs is 2. The molecule has 0 aliphatic heterocycles. The van der Waals surface area contributed by atoms with Gasteiger partial charge in [-0.2, -0.15) is 5.10 Å². The molecule has 0 radical (unpaired) electrons. The van der Waals surface area contributed by atoms with Gasteiger partial charge in [-0.3, -0.25) is 4.79 Å². The van der Waals surface area contributed by atoms with Gasteiger partial charge in [-0.25, -0.2) is 23.4 Å². The zero-order chi connectivity index (χ0) is 21.6. The largest absolute Gasteiger partial charge is 0.383 e. The number of rotatable bonds is 4. The number of alkyl halides is 2. The highest BCUT2D eigenvalue weighted by Crippen LogP contribution is 2.34. The molecule has 0 aliphatic rings. The second kappa shape index (κ2) is 7.05. The maximum atomic E-state index is 12.3. The lowest BCUT2D eigenvalue weighted by atomic mass is 10.1.